The first-order valence-electron chi connectivity index (χ1n) is 2.38. The maximum atomic E-state index is 10.4. The van der Waals surface area contributed by atoms with Crippen molar-refractivity contribution in [2.24, 2.45) is 0 Å². The van der Waals surface area contributed by atoms with E-state index < -0.39 is 0 Å². The monoisotopic (exact) mass is 128 g/mol. The first-order chi connectivity index (χ1) is 3.81. The summed E-state index contributed by atoms with van der Waals surface area (Å²) in [7, 11) is 0. The molecule has 1 nitrogen and oxygen atoms in total. The highest BCUT2D eigenvalue weighted by Crippen LogP contribution is 1.90. The van der Waals surface area contributed by atoms with Crippen LogP contribution in [0.15, 0.2) is 0 Å². The molecule has 0 aromatic heterocycles. The summed E-state index contributed by atoms with van der Waals surface area (Å²) < 4.78 is 0. The molecule has 8 heavy (non-hydrogen) atoms. The van der Waals surface area contributed by atoms with Gasteiger partial charge in [0.2, 0.25) is 0 Å². The van der Waals surface area contributed by atoms with Gasteiger partial charge in [-0.15, -0.1) is 0 Å². The molecule has 0 amide bonds. The van der Waals surface area contributed by atoms with Gasteiger partial charge in [0.15, 0.2) is 0 Å². The zero-order valence-corrected chi connectivity index (χ0v) is 5.84. The third-order valence-electron chi connectivity index (χ3n) is 0.553. The Morgan fingerprint density at radius 2 is 2.38 bits per heavy atom. The Hall–Kier alpha value is -0.420. The molecule has 0 aliphatic rings. The van der Waals surface area contributed by atoms with Crippen LogP contribution < -0.4 is 0 Å². The zero-order chi connectivity index (χ0) is 6.41. The number of thioether (sulfide) groups is 1. The van der Waals surface area contributed by atoms with E-state index in [1.165, 1.54) is 0 Å². The smallest absolute Gasteiger partial charge is 0.262 e. The minimum Gasteiger partial charge on any atom is -0.272 e. The fourth-order valence-corrected chi connectivity index (χ4v) is 0.386. The molecule has 0 aromatic rings. The quantitative estimate of drug-likeness (QED) is 0.457. The van der Waals surface area contributed by atoms with E-state index in [9.17, 15) is 4.79 Å². The molecule has 0 rings (SSSR count). The third kappa shape index (κ3) is 3.76. The van der Waals surface area contributed by atoms with Gasteiger partial charge in [0.25, 0.3) is 5.12 Å². The predicted octanol–water partition coefficient (Wildman–Crippen LogP) is 1.29. The Bertz CT molecular complexity index is 129. The average molecular weight is 128 g/mol. The SMILES string of the molecule is CCC#CC(=O)SC. The molecule has 0 N–H and O–H groups in total. The van der Waals surface area contributed by atoms with E-state index in [-0.39, 0.29) is 5.12 Å². The number of carbonyl (C=O) groups is 1. The van der Waals surface area contributed by atoms with Crippen molar-refractivity contribution in [3.05, 3.63) is 0 Å². The van der Waals surface area contributed by atoms with Crippen LogP contribution in [0, 0.1) is 11.8 Å². The van der Waals surface area contributed by atoms with Crippen LogP contribution in [0.25, 0.3) is 0 Å². The van der Waals surface area contributed by atoms with Gasteiger partial charge in [-0.1, -0.05) is 24.6 Å². The third-order valence-corrected chi connectivity index (χ3v) is 1.03. The molecule has 0 atom stereocenters. The van der Waals surface area contributed by atoms with Crippen LogP contribution in [0.1, 0.15) is 13.3 Å². The molecule has 0 aliphatic heterocycles. The molecule has 2 heteroatoms. The van der Waals surface area contributed by atoms with Crippen LogP contribution in [-0.2, 0) is 4.79 Å². The molecule has 0 radical (unpaired) electrons. The van der Waals surface area contributed by atoms with Crippen molar-refractivity contribution < 1.29 is 4.79 Å². The van der Waals surface area contributed by atoms with E-state index in [1.807, 2.05) is 6.92 Å². The van der Waals surface area contributed by atoms with Crippen molar-refractivity contribution in [3.63, 3.8) is 0 Å². The first kappa shape index (κ1) is 7.58. The summed E-state index contributed by atoms with van der Waals surface area (Å²) in [6, 6.07) is 0. The maximum Gasteiger partial charge on any atom is 0.262 e. The number of rotatable bonds is 0. The molecule has 0 fully saturated rings. The molecule has 0 spiro atoms. The molecular formula is C6H8OS. The Kier molecular flexibility index (Phi) is 4.48. The van der Waals surface area contributed by atoms with Crippen LogP contribution in [0.4, 0.5) is 0 Å². The minimum absolute atomic E-state index is 0.0492. The Morgan fingerprint density at radius 1 is 1.75 bits per heavy atom. The second kappa shape index (κ2) is 4.73. The Balaban J connectivity index is 3.52. The van der Waals surface area contributed by atoms with Crippen LogP contribution in [0.3, 0.4) is 0 Å². The molecule has 0 saturated carbocycles. The van der Waals surface area contributed by atoms with Crippen molar-refractivity contribution in [3.8, 4) is 11.8 Å². The first-order valence-corrected chi connectivity index (χ1v) is 3.60. The van der Waals surface area contributed by atoms with Gasteiger partial charge in [0, 0.05) is 6.42 Å². The van der Waals surface area contributed by atoms with Gasteiger partial charge in [-0.25, -0.2) is 0 Å². The second-order valence-electron chi connectivity index (χ2n) is 1.15. The van der Waals surface area contributed by atoms with E-state index in [4.69, 9.17) is 0 Å². The highest BCUT2D eigenvalue weighted by Gasteiger charge is 1.85. The average Bonchev–Trinajstić information content (AvgIpc) is 1.83. The van der Waals surface area contributed by atoms with Crippen LogP contribution in [-0.4, -0.2) is 11.4 Å². The van der Waals surface area contributed by atoms with Gasteiger partial charge in [-0.2, -0.15) is 0 Å². The van der Waals surface area contributed by atoms with Gasteiger partial charge in [0.05, 0.1) is 0 Å². The van der Waals surface area contributed by atoms with Gasteiger partial charge in [-0.3, -0.25) is 4.79 Å². The number of carbonyl (C=O) groups excluding carboxylic acids is 1. The minimum atomic E-state index is -0.0492. The van der Waals surface area contributed by atoms with Crippen LogP contribution in [0.2, 0.25) is 0 Å². The highest BCUT2D eigenvalue weighted by molar-refractivity contribution is 8.13. The van der Waals surface area contributed by atoms with E-state index in [1.54, 1.807) is 6.26 Å². The summed E-state index contributed by atoms with van der Waals surface area (Å²) in [5.74, 6) is 5.13. The van der Waals surface area contributed by atoms with Crippen LogP contribution >= 0.6 is 11.8 Å². The maximum absolute atomic E-state index is 10.4. The largest absolute Gasteiger partial charge is 0.272 e. The van der Waals surface area contributed by atoms with Gasteiger partial charge in [-0.05, 0) is 12.2 Å². The molecule has 44 valence electrons. The Morgan fingerprint density at radius 3 is 2.75 bits per heavy atom. The topological polar surface area (TPSA) is 17.1 Å². The van der Waals surface area contributed by atoms with Crippen molar-refractivity contribution in [1.29, 1.82) is 0 Å². The van der Waals surface area contributed by atoms with Crippen molar-refractivity contribution in [1.82, 2.24) is 0 Å². The lowest BCUT2D eigenvalue weighted by molar-refractivity contribution is -0.106. The Labute approximate surface area is 53.8 Å². The number of hydrogen-bond acceptors (Lipinski definition) is 2. The normalized spacial score (nSPS) is 7.25. The van der Waals surface area contributed by atoms with Gasteiger partial charge >= 0.3 is 0 Å². The second-order valence-corrected chi connectivity index (χ2v) is 1.93. The molecule has 0 unspecified atom stereocenters. The summed E-state index contributed by atoms with van der Waals surface area (Å²) in [4.78, 5) is 10.4. The molecule has 0 aliphatic carbocycles. The van der Waals surface area contributed by atoms with E-state index in [0.29, 0.717) is 0 Å². The van der Waals surface area contributed by atoms with Crippen molar-refractivity contribution in [2.75, 3.05) is 6.26 Å². The molecular weight excluding hydrogens is 120 g/mol. The van der Waals surface area contributed by atoms with E-state index in [2.05, 4.69) is 11.8 Å². The lowest BCUT2D eigenvalue weighted by Crippen LogP contribution is -1.80. The summed E-state index contributed by atoms with van der Waals surface area (Å²) in [5.41, 5.74) is 0. The number of hydrogen-bond donors (Lipinski definition) is 0. The molecule has 0 aromatic carbocycles. The summed E-state index contributed by atoms with van der Waals surface area (Å²) in [5, 5.41) is -0.0492. The standard InChI is InChI=1S/C6H8OS/c1-3-4-5-6(7)8-2/h3H2,1-2H3. The van der Waals surface area contributed by atoms with Crippen molar-refractivity contribution in [2.45, 2.75) is 13.3 Å². The predicted molar refractivity (Wildman–Crippen MR) is 36.6 cm³/mol. The van der Waals surface area contributed by atoms with Crippen LogP contribution in [0.5, 0.6) is 0 Å². The van der Waals surface area contributed by atoms with Crippen molar-refractivity contribution >= 4 is 16.9 Å². The fraction of sp³-hybridized carbons (Fsp3) is 0.500. The highest BCUT2D eigenvalue weighted by atomic mass is 32.2. The van der Waals surface area contributed by atoms with E-state index in [0.717, 1.165) is 18.2 Å². The zero-order valence-electron chi connectivity index (χ0n) is 5.02. The summed E-state index contributed by atoms with van der Waals surface area (Å²) >= 11 is 1.15. The molecule has 0 heterocycles. The lowest BCUT2D eigenvalue weighted by Gasteiger charge is -1.75. The molecule has 0 bridgehead atoms. The lowest BCUT2D eigenvalue weighted by atomic mass is 10.5. The van der Waals surface area contributed by atoms with E-state index >= 15 is 0 Å². The van der Waals surface area contributed by atoms with Gasteiger partial charge < -0.3 is 0 Å². The fourth-order valence-electron chi connectivity index (χ4n) is 0.212. The summed E-state index contributed by atoms with van der Waals surface area (Å²) in [6.07, 6.45) is 2.49. The summed E-state index contributed by atoms with van der Waals surface area (Å²) in [6.45, 7) is 1.92. The van der Waals surface area contributed by atoms with Gasteiger partial charge in [0.1, 0.15) is 0 Å². The molecule has 0 saturated heterocycles.